The minimum atomic E-state index is 0.0169. The quantitative estimate of drug-likeness (QED) is 0.817. The smallest absolute Gasteiger partial charge is 0.0556 e. The summed E-state index contributed by atoms with van der Waals surface area (Å²) in [6.07, 6.45) is 7.49. The molecule has 1 N–H and O–H groups in total. The standard InChI is InChI=1S/C14H27NO2/c1-2-13-6-3-4-8-15(13)10-14(11-16)7-5-9-17-12-14/h13,16H,2-12H2,1H3. The number of aliphatic hydroxyl groups is 1. The first-order chi connectivity index (χ1) is 8.29. The molecule has 3 heteroatoms. The molecule has 2 atom stereocenters. The second-order valence-electron chi connectivity index (χ2n) is 5.84. The Labute approximate surface area is 105 Å². The Morgan fingerprint density at radius 3 is 2.88 bits per heavy atom. The highest BCUT2D eigenvalue weighted by Crippen LogP contribution is 2.32. The molecule has 2 fully saturated rings. The van der Waals surface area contributed by atoms with Crippen molar-refractivity contribution in [1.82, 2.24) is 4.90 Å². The molecule has 0 aromatic carbocycles. The largest absolute Gasteiger partial charge is 0.396 e. The van der Waals surface area contributed by atoms with Gasteiger partial charge in [0.15, 0.2) is 0 Å². The first-order valence-electron chi connectivity index (χ1n) is 7.22. The maximum atomic E-state index is 9.72. The molecule has 0 radical (unpaired) electrons. The fourth-order valence-electron chi connectivity index (χ4n) is 3.37. The zero-order valence-corrected chi connectivity index (χ0v) is 11.2. The van der Waals surface area contributed by atoms with Crippen molar-refractivity contribution in [1.29, 1.82) is 0 Å². The number of ether oxygens (including phenoxy) is 1. The van der Waals surface area contributed by atoms with E-state index in [-0.39, 0.29) is 12.0 Å². The predicted octanol–water partition coefficient (Wildman–Crippen LogP) is 2.04. The number of piperidine rings is 1. The van der Waals surface area contributed by atoms with Crippen molar-refractivity contribution in [2.24, 2.45) is 5.41 Å². The van der Waals surface area contributed by atoms with Crippen LogP contribution in [0.15, 0.2) is 0 Å². The maximum absolute atomic E-state index is 9.72. The van der Waals surface area contributed by atoms with E-state index in [9.17, 15) is 5.11 Å². The average molecular weight is 241 g/mol. The van der Waals surface area contributed by atoms with E-state index >= 15 is 0 Å². The summed E-state index contributed by atoms with van der Waals surface area (Å²) < 4.78 is 5.60. The van der Waals surface area contributed by atoms with E-state index in [2.05, 4.69) is 11.8 Å². The van der Waals surface area contributed by atoms with Crippen molar-refractivity contribution in [2.45, 2.75) is 51.5 Å². The number of hydrogen-bond donors (Lipinski definition) is 1. The van der Waals surface area contributed by atoms with E-state index in [4.69, 9.17) is 4.74 Å². The van der Waals surface area contributed by atoms with Gasteiger partial charge in [0.1, 0.15) is 0 Å². The minimum absolute atomic E-state index is 0.0169. The summed E-state index contributed by atoms with van der Waals surface area (Å²) in [5.74, 6) is 0. The molecule has 2 rings (SSSR count). The van der Waals surface area contributed by atoms with Crippen LogP contribution in [0.5, 0.6) is 0 Å². The Morgan fingerprint density at radius 2 is 2.24 bits per heavy atom. The van der Waals surface area contributed by atoms with E-state index < -0.39 is 0 Å². The van der Waals surface area contributed by atoms with Crippen LogP contribution in [-0.2, 0) is 4.74 Å². The van der Waals surface area contributed by atoms with Crippen molar-refractivity contribution < 1.29 is 9.84 Å². The minimum Gasteiger partial charge on any atom is -0.396 e. The molecule has 0 amide bonds. The summed E-state index contributed by atoms with van der Waals surface area (Å²) in [5, 5.41) is 9.72. The molecule has 2 saturated heterocycles. The first-order valence-corrected chi connectivity index (χ1v) is 7.22. The lowest BCUT2D eigenvalue weighted by Gasteiger charge is -2.44. The Hall–Kier alpha value is -0.120. The van der Waals surface area contributed by atoms with Crippen LogP contribution in [0.2, 0.25) is 0 Å². The predicted molar refractivity (Wildman–Crippen MR) is 69.1 cm³/mol. The molecule has 3 nitrogen and oxygen atoms in total. The van der Waals surface area contributed by atoms with Gasteiger partial charge in [-0.1, -0.05) is 13.3 Å². The summed E-state index contributed by atoms with van der Waals surface area (Å²) >= 11 is 0. The topological polar surface area (TPSA) is 32.7 Å². The third kappa shape index (κ3) is 3.21. The van der Waals surface area contributed by atoms with Gasteiger partial charge in [-0.15, -0.1) is 0 Å². The normalized spacial score (nSPS) is 36.0. The molecule has 2 aliphatic heterocycles. The van der Waals surface area contributed by atoms with Crippen molar-refractivity contribution in [2.75, 3.05) is 32.9 Å². The van der Waals surface area contributed by atoms with Crippen molar-refractivity contribution in [3.63, 3.8) is 0 Å². The van der Waals surface area contributed by atoms with Gasteiger partial charge in [-0.05, 0) is 38.6 Å². The van der Waals surface area contributed by atoms with Gasteiger partial charge in [-0.25, -0.2) is 0 Å². The van der Waals surface area contributed by atoms with Gasteiger partial charge < -0.3 is 9.84 Å². The third-order valence-electron chi connectivity index (χ3n) is 4.50. The lowest BCUT2D eigenvalue weighted by Crippen LogP contribution is -2.50. The molecule has 100 valence electrons. The fourth-order valence-corrected chi connectivity index (χ4v) is 3.37. The third-order valence-corrected chi connectivity index (χ3v) is 4.50. The molecular weight excluding hydrogens is 214 g/mol. The van der Waals surface area contributed by atoms with Gasteiger partial charge in [0.25, 0.3) is 0 Å². The molecule has 0 aromatic heterocycles. The molecule has 0 bridgehead atoms. The number of rotatable bonds is 4. The zero-order valence-electron chi connectivity index (χ0n) is 11.2. The Balaban J connectivity index is 1.96. The molecule has 0 saturated carbocycles. The monoisotopic (exact) mass is 241 g/mol. The molecule has 0 spiro atoms. The van der Waals surface area contributed by atoms with E-state index in [1.165, 1.54) is 32.2 Å². The van der Waals surface area contributed by atoms with E-state index in [1.807, 2.05) is 0 Å². The first kappa shape index (κ1) is 13.3. The summed E-state index contributed by atoms with van der Waals surface area (Å²) in [7, 11) is 0. The molecule has 2 heterocycles. The molecule has 2 aliphatic rings. The van der Waals surface area contributed by atoms with Crippen molar-refractivity contribution >= 4 is 0 Å². The molecule has 0 aromatic rings. The zero-order chi connectivity index (χ0) is 12.1. The van der Waals surface area contributed by atoms with Crippen LogP contribution in [0.4, 0.5) is 0 Å². The Morgan fingerprint density at radius 1 is 1.35 bits per heavy atom. The van der Waals surface area contributed by atoms with Crippen LogP contribution in [0, 0.1) is 5.41 Å². The van der Waals surface area contributed by atoms with E-state index in [0.29, 0.717) is 0 Å². The number of hydrogen-bond acceptors (Lipinski definition) is 3. The SMILES string of the molecule is CCC1CCCCN1CC1(CO)CCCOC1. The second-order valence-corrected chi connectivity index (χ2v) is 5.84. The number of likely N-dealkylation sites (tertiary alicyclic amines) is 1. The van der Waals surface area contributed by atoms with Crippen molar-refractivity contribution in [3.05, 3.63) is 0 Å². The van der Waals surface area contributed by atoms with Gasteiger partial charge >= 0.3 is 0 Å². The number of nitrogens with zero attached hydrogens (tertiary/aromatic N) is 1. The van der Waals surface area contributed by atoms with Crippen LogP contribution in [0.25, 0.3) is 0 Å². The van der Waals surface area contributed by atoms with Crippen LogP contribution in [-0.4, -0.2) is 49.0 Å². The van der Waals surface area contributed by atoms with E-state index in [0.717, 1.165) is 38.6 Å². The summed E-state index contributed by atoms with van der Waals surface area (Å²) in [6.45, 7) is 6.42. The molecule has 2 unspecified atom stereocenters. The fraction of sp³-hybridized carbons (Fsp3) is 1.00. The number of aliphatic hydroxyl groups excluding tert-OH is 1. The van der Waals surface area contributed by atoms with Crippen LogP contribution in [0.3, 0.4) is 0 Å². The van der Waals surface area contributed by atoms with E-state index in [1.54, 1.807) is 0 Å². The van der Waals surface area contributed by atoms with Gasteiger partial charge in [0, 0.05) is 24.6 Å². The summed E-state index contributed by atoms with van der Waals surface area (Å²) in [5.41, 5.74) is 0.0169. The van der Waals surface area contributed by atoms with Gasteiger partial charge in [-0.2, -0.15) is 0 Å². The van der Waals surface area contributed by atoms with Crippen LogP contribution >= 0.6 is 0 Å². The summed E-state index contributed by atoms with van der Waals surface area (Å²) in [4.78, 5) is 2.61. The lowest BCUT2D eigenvalue weighted by atomic mass is 9.81. The van der Waals surface area contributed by atoms with Crippen LogP contribution in [0.1, 0.15) is 45.4 Å². The lowest BCUT2D eigenvalue weighted by molar-refractivity contribution is -0.0648. The average Bonchev–Trinajstić information content (AvgIpc) is 2.40. The second kappa shape index (κ2) is 6.17. The molecular formula is C14H27NO2. The highest BCUT2D eigenvalue weighted by Gasteiger charge is 2.36. The van der Waals surface area contributed by atoms with Crippen molar-refractivity contribution in [3.8, 4) is 0 Å². The highest BCUT2D eigenvalue weighted by atomic mass is 16.5. The summed E-state index contributed by atoms with van der Waals surface area (Å²) in [6, 6.07) is 0.731. The van der Waals surface area contributed by atoms with Crippen LogP contribution < -0.4 is 0 Å². The van der Waals surface area contributed by atoms with Gasteiger partial charge in [0.05, 0.1) is 13.2 Å². The maximum Gasteiger partial charge on any atom is 0.0556 e. The van der Waals surface area contributed by atoms with Gasteiger partial charge in [0.2, 0.25) is 0 Å². The highest BCUT2D eigenvalue weighted by molar-refractivity contribution is 4.88. The Bertz CT molecular complexity index is 226. The Kier molecular flexibility index (Phi) is 4.83. The van der Waals surface area contributed by atoms with Gasteiger partial charge in [-0.3, -0.25) is 4.90 Å². The molecule has 17 heavy (non-hydrogen) atoms. The molecule has 0 aliphatic carbocycles.